The van der Waals surface area contributed by atoms with Gasteiger partial charge in [0.15, 0.2) is 5.96 Å². The Morgan fingerprint density at radius 2 is 1.71 bits per heavy atom. The van der Waals surface area contributed by atoms with Gasteiger partial charge >= 0.3 is 5.97 Å². The van der Waals surface area contributed by atoms with Crippen LogP contribution in [0.15, 0.2) is 4.99 Å². The Balaban J connectivity index is 0. The second-order valence-electron chi connectivity index (χ2n) is 5.28. The van der Waals surface area contributed by atoms with E-state index >= 15 is 0 Å². The van der Waals surface area contributed by atoms with Crippen molar-refractivity contribution in [2.24, 2.45) is 28.1 Å². The van der Waals surface area contributed by atoms with E-state index in [4.69, 9.17) is 32.2 Å². The number of hydrogen-bond donors (Lipinski definition) is 6. The molecule has 0 rings (SSSR count). The van der Waals surface area contributed by atoms with Gasteiger partial charge in [-0.15, -0.1) is 0 Å². The number of carboxylic acid groups (broad SMARTS) is 2. The largest absolute Gasteiger partial charge is 0.481 e. The van der Waals surface area contributed by atoms with Gasteiger partial charge in [0.05, 0.1) is 6.04 Å². The summed E-state index contributed by atoms with van der Waals surface area (Å²) < 4.78 is 0. The first-order chi connectivity index (χ1) is 11.0. The molecule has 3 atom stereocenters. The molecule has 10 heteroatoms. The Labute approximate surface area is 141 Å². The van der Waals surface area contributed by atoms with Crippen molar-refractivity contribution in [3.8, 4) is 0 Å². The summed E-state index contributed by atoms with van der Waals surface area (Å²) in [5, 5.41) is 18.9. The molecule has 9 N–H and O–H groups in total. The maximum atomic E-state index is 11.8. The minimum absolute atomic E-state index is 0.00826. The van der Waals surface area contributed by atoms with Gasteiger partial charge in [0.25, 0.3) is 5.97 Å². The molecule has 1 amide bonds. The molecule has 140 valence electrons. The summed E-state index contributed by atoms with van der Waals surface area (Å²) in [6.45, 7) is 5.17. The summed E-state index contributed by atoms with van der Waals surface area (Å²) in [5.74, 6) is -2.43. The first-order valence-electron chi connectivity index (χ1n) is 7.56. The van der Waals surface area contributed by atoms with Crippen LogP contribution in [0.3, 0.4) is 0 Å². The van der Waals surface area contributed by atoms with Crippen LogP contribution in [-0.2, 0) is 14.4 Å². The molecule has 0 spiro atoms. The summed E-state index contributed by atoms with van der Waals surface area (Å²) in [4.78, 5) is 35.7. The molecule has 0 aliphatic rings. The fourth-order valence-electron chi connectivity index (χ4n) is 1.54. The quantitative estimate of drug-likeness (QED) is 0.175. The number of nitrogens with zero attached hydrogens (tertiary/aromatic N) is 1. The van der Waals surface area contributed by atoms with E-state index in [1.54, 1.807) is 0 Å². The molecule has 0 aromatic heterocycles. The first-order valence-corrected chi connectivity index (χ1v) is 7.56. The van der Waals surface area contributed by atoms with Gasteiger partial charge < -0.3 is 32.7 Å². The van der Waals surface area contributed by atoms with E-state index in [-0.39, 0.29) is 18.3 Å². The monoisotopic (exact) mass is 347 g/mol. The van der Waals surface area contributed by atoms with Crippen molar-refractivity contribution in [3.63, 3.8) is 0 Å². The highest BCUT2D eigenvalue weighted by atomic mass is 16.4. The smallest absolute Gasteiger partial charge is 0.326 e. The van der Waals surface area contributed by atoms with Crippen LogP contribution < -0.4 is 22.5 Å². The summed E-state index contributed by atoms with van der Waals surface area (Å²) in [5.41, 5.74) is 16.1. The fraction of sp³-hybridized carbons (Fsp3) is 0.714. The lowest BCUT2D eigenvalue weighted by Gasteiger charge is -2.21. The molecule has 0 aromatic carbocycles. The van der Waals surface area contributed by atoms with Crippen LogP contribution in [0.2, 0.25) is 0 Å². The minimum atomic E-state index is -1.10. The number of carbonyl (C=O) groups excluding carboxylic acids is 1. The predicted octanol–water partition coefficient (Wildman–Crippen LogP) is -0.926. The predicted molar refractivity (Wildman–Crippen MR) is 90.2 cm³/mol. The Morgan fingerprint density at radius 3 is 2.08 bits per heavy atom. The lowest BCUT2D eigenvalue weighted by Crippen LogP contribution is -2.50. The number of carboxylic acids is 2. The van der Waals surface area contributed by atoms with Crippen LogP contribution in [0.4, 0.5) is 0 Å². The molecular formula is C14H29N5O5. The van der Waals surface area contributed by atoms with E-state index in [1.807, 2.05) is 13.8 Å². The van der Waals surface area contributed by atoms with Crippen molar-refractivity contribution < 1.29 is 24.6 Å². The SMILES string of the molecule is CC(=O)O.CCC(C)C(N)C(=O)NC(CCCN=C(N)N)C(=O)O. The van der Waals surface area contributed by atoms with Crippen LogP contribution in [-0.4, -0.2) is 52.6 Å². The topological polar surface area (TPSA) is 194 Å². The van der Waals surface area contributed by atoms with E-state index in [1.165, 1.54) is 0 Å². The Morgan fingerprint density at radius 1 is 1.21 bits per heavy atom. The molecule has 0 saturated heterocycles. The molecule has 3 unspecified atom stereocenters. The highest BCUT2D eigenvalue weighted by Gasteiger charge is 2.25. The van der Waals surface area contributed by atoms with Gasteiger partial charge in [-0.1, -0.05) is 20.3 Å². The molecule has 24 heavy (non-hydrogen) atoms. The van der Waals surface area contributed by atoms with E-state index in [2.05, 4.69) is 10.3 Å². The highest BCUT2D eigenvalue weighted by Crippen LogP contribution is 2.06. The molecule has 0 aromatic rings. The van der Waals surface area contributed by atoms with E-state index in [0.29, 0.717) is 13.0 Å². The van der Waals surface area contributed by atoms with Crippen LogP contribution in [0.1, 0.15) is 40.0 Å². The first kappa shape index (κ1) is 23.9. The third-order valence-electron chi connectivity index (χ3n) is 3.12. The maximum absolute atomic E-state index is 11.8. The van der Waals surface area contributed by atoms with Gasteiger partial charge in [0.1, 0.15) is 6.04 Å². The third-order valence-corrected chi connectivity index (χ3v) is 3.12. The molecule has 0 saturated carbocycles. The van der Waals surface area contributed by atoms with Crippen molar-refractivity contribution in [2.45, 2.75) is 52.1 Å². The number of nitrogens with two attached hydrogens (primary N) is 3. The van der Waals surface area contributed by atoms with Crippen molar-refractivity contribution in [3.05, 3.63) is 0 Å². The standard InChI is InChI=1S/C12H25N5O3.C2H4O2/c1-3-7(2)9(13)10(18)17-8(11(19)20)5-4-6-16-12(14)15;1-2(3)4/h7-9H,3-6,13H2,1-2H3,(H,17,18)(H,19,20)(H4,14,15,16);1H3,(H,3,4). The van der Waals surface area contributed by atoms with E-state index < -0.39 is 29.9 Å². The number of carbonyl (C=O) groups is 3. The van der Waals surface area contributed by atoms with Gasteiger partial charge in [0.2, 0.25) is 5.91 Å². The maximum Gasteiger partial charge on any atom is 0.326 e. The van der Waals surface area contributed by atoms with Gasteiger partial charge in [0, 0.05) is 13.5 Å². The molecule has 10 nitrogen and oxygen atoms in total. The van der Waals surface area contributed by atoms with Crippen molar-refractivity contribution in [1.29, 1.82) is 0 Å². The lowest BCUT2D eigenvalue weighted by atomic mass is 9.99. The highest BCUT2D eigenvalue weighted by molar-refractivity contribution is 5.86. The molecule has 0 aliphatic heterocycles. The van der Waals surface area contributed by atoms with Crippen LogP contribution >= 0.6 is 0 Å². The molecule has 0 radical (unpaired) electrons. The number of nitrogens with one attached hydrogen (secondary N) is 1. The second kappa shape index (κ2) is 13.1. The number of rotatable bonds is 9. The van der Waals surface area contributed by atoms with E-state index in [9.17, 15) is 9.59 Å². The number of aliphatic carboxylic acids is 2. The van der Waals surface area contributed by atoms with Crippen LogP contribution in [0, 0.1) is 5.92 Å². The number of aliphatic imine (C=N–C) groups is 1. The average Bonchev–Trinajstić information content (AvgIpc) is 2.47. The van der Waals surface area contributed by atoms with Crippen molar-refractivity contribution in [2.75, 3.05) is 6.54 Å². The molecule has 0 bridgehead atoms. The summed E-state index contributed by atoms with van der Waals surface area (Å²) >= 11 is 0. The lowest BCUT2D eigenvalue weighted by molar-refractivity contribution is -0.142. The Bertz CT molecular complexity index is 433. The van der Waals surface area contributed by atoms with Gasteiger partial charge in [-0.2, -0.15) is 0 Å². The second-order valence-corrected chi connectivity index (χ2v) is 5.28. The summed E-state index contributed by atoms with van der Waals surface area (Å²) in [7, 11) is 0. The Hall–Kier alpha value is -2.36. The van der Waals surface area contributed by atoms with Crippen molar-refractivity contribution >= 4 is 23.8 Å². The third kappa shape index (κ3) is 13.3. The van der Waals surface area contributed by atoms with Gasteiger partial charge in [-0.25, -0.2) is 4.79 Å². The molecule has 0 fully saturated rings. The summed E-state index contributed by atoms with van der Waals surface area (Å²) in [6.07, 6.45) is 1.44. The van der Waals surface area contributed by atoms with Crippen LogP contribution in [0.25, 0.3) is 0 Å². The van der Waals surface area contributed by atoms with Gasteiger partial charge in [-0.3, -0.25) is 14.6 Å². The molecular weight excluding hydrogens is 318 g/mol. The molecule has 0 heterocycles. The average molecular weight is 347 g/mol. The number of hydrogen-bond acceptors (Lipinski definition) is 5. The zero-order valence-corrected chi connectivity index (χ0v) is 14.4. The van der Waals surface area contributed by atoms with E-state index in [0.717, 1.165) is 13.3 Å². The zero-order chi connectivity index (χ0) is 19.3. The Kier molecular flexibility index (Phi) is 13.1. The van der Waals surface area contributed by atoms with Crippen molar-refractivity contribution in [1.82, 2.24) is 5.32 Å². The van der Waals surface area contributed by atoms with Gasteiger partial charge in [-0.05, 0) is 18.8 Å². The summed E-state index contributed by atoms with van der Waals surface area (Å²) in [6, 6.07) is -1.69. The molecule has 0 aliphatic carbocycles. The fourth-order valence-corrected chi connectivity index (χ4v) is 1.54. The number of guanidine groups is 1. The number of amides is 1. The minimum Gasteiger partial charge on any atom is -0.481 e. The zero-order valence-electron chi connectivity index (χ0n) is 14.4. The van der Waals surface area contributed by atoms with Crippen LogP contribution in [0.5, 0.6) is 0 Å². The normalized spacial score (nSPS) is 13.5.